The molecule has 2 saturated heterocycles. The molecular formula is C32H42F3N5O7. The van der Waals surface area contributed by atoms with Crippen molar-refractivity contribution in [3.8, 4) is 5.75 Å². The van der Waals surface area contributed by atoms with Gasteiger partial charge in [-0.3, -0.25) is 24.2 Å². The van der Waals surface area contributed by atoms with Gasteiger partial charge in [0, 0.05) is 50.5 Å². The van der Waals surface area contributed by atoms with Gasteiger partial charge in [0.2, 0.25) is 5.91 Å². The lowest BCUT2D eigenvalue weighted by Crippen LogP contribution is -2.38. The van der Waals surface area contributed by atoms with E-state index in [1.165, 1.54) is 0 Å². The van der Waals surface area contributed by atoms with E-state index < -0.39 is 24.0 Å². The first-order valence-corrected chi connectivity index (χ1v) is 15.3. The lowest BCUT2D eigenvalue weighted by molar-refractivity contribution is -0.192. The predicted molar refractivity (Wildman–Crippen MR) is 166 cm³/mol. The van der Waals surface area contributed by atoms with Crippen LogP contribution in [0.4, 0.5) is 18.9 Å². The standard InChI is InChI=1S/C30H41N5O5.C2HF3O2/c1-34(26-10-15-39-16-11-26)14-17-40-27-7-3-4-22(19-27)20-32-29(37)30(38)33-25-6-2-5-23(18-25)21-35-12-8-24(9-13-35)28(31)36;3-2(4,5)1(6)7/h2-7,18-19,24,26H,8-17,20-21H2,1H3,(H2,31,36)(H,32,37)(H,33,38);(H,6,7). The highest BCUT2D eigenvalue weighted by Crippen LogP contribution is 2.20. The number of primary amides is 1. The first-order valence-electron chi connectivity index (χ1n) is 15.3. The third-order valence-electron chi connectivity index (χ3n) is 7.91. The number of rotatable bonds is 11. The summed E-state index contributed by atoms with van der Waals surface area (Å²) < 4.78 is 43.1. The number of anilines is 1. The van der Waals surface area contributed by atoms with Crippen LogP contribution in [0.2, 0.25) is 0 Å². The molecule has 47 heavy (non-hydrogen) atoms. The number of halogens is 3. The van der Waals surface area contributed by atoms with E-state index in [0.29, 0.717) is 24.9 Å². The number of nitrogens with two attached hydrogens (primary N) is 1. The van der Waals surface area contributed by atoms with E-state index in [-0.39, 0.29) is 18.4 Å². The van der Waals surface area contributed by atoms with Crippen LogP contribution in [0.1, 0.15) is 36.8 Å². The van der Waals surface area contributed by atoms with E-state index >= 15 is 0 Å². The normalized spacial score (nSPS) is 16.1. The molecule has 12 nitrogen and oxygen atoms in total. The minimum atomic E-state index is -5.08. The lowest BCUT2D eigenvalue weighted by Gasteiger charge is -2.31. The third kappa shape index (κ3) is 13.2. The second-order valence-corrected chi connectivity index (χ2v) is 11.4. The van der Waals surface area contributed by atoms with E-state index in [1.807, 2.05) is 42.5 Å². The molecule has 3 amide bonds. The fourth-order valence-electron chi connectivity index (χ4n) is 5.19. The molecule has 0 unspecified atom stereocenters. The Hall–Kier alpha value is -4.21. The number of carboxylic acid groups (broad SMARTS) is 1. The summed E-state index contributed by atoms with van der Waals surface area (Å²) in [5.41, 5.74) is 7.85. The van der Waals surface area contributed by atoms with Gasteiger partial charge in [-0.15, -0.1) is 0 Å². The number of likely N-dealkylation sites (tertiary alicyclic amines) is 1. The van der Waals surface area contributed by atoms with Gasteiger partial charge in [0.25, 0.3) is 0 Å². The molecule has 2 fully saturated rings. The van der Waals surface area contributed by atoms with Crippen molar-refractivity contribution in [2.24, 2.45) is 11.7 Å². The lowest BCUT2D eigenvalue weighted by atomic mass is 9.96. The fraction of sp³-hybridized carbons (Fsp3) is 0.500. The largest absolute Gasteiger partial charge is 0.492 e. The maximum absolute atomic E-state index is 12.5. The molecule has 5 N–H and O–H groups in total. The smallest absolute Gasteiger partial charge is 0.490 e. The Kier molecular flexibility index (Phi) is 14.4. The van der Waals surface area contributed by atoms with Crippen LogP contribution < -0.4 is 21.1 Å². The van der Waals surface area contributed by atoms with Crippen molar-refractivity contribution < 1.29 is 46.9 Å². The number of aliphatic carboxylic acids is 1. The van der Waals surface area contributed by atoms with E-state index in [9.17, 15) is 27.6 Å². The third-order valence-corrected chi connectivity index (χ3v) is 7.91. The van der Waals surface area contributed by atoms with Crippen LogP contribution in [0, 0.1) is 5.92 Å². The molecule has 0 saturated carbocycles. The van der Waals surface area contributed by atoms with Gasteiger partial charge in [0.1, 0.15) is 12.4 Å². The number of nitrogens with zero attached hydrogens (tertiary/aromatic N) is 2. The number of hydrogen-bond donors (Lipinski definition) is 4. The topological polar surface area (TPSA) is 164 Å². The molecule has 0 aliphatic carbocycles. The molecule has 2 aliphatic rings. The summed E-state index contributed by atoms with van der Waals surface area (Å²) in [6, 6.07) is 15.5. The Morgan fingerprint density at radius 2 is 1.64 bits per heavy atom. The van der Waals surface area contributed by atoms with Crippen LogP contribution >= 0.6 is 0 Å². The molecule has 0 bridgehead atoms. The Balaban J connectivity index is 0.000000771. The summed E-state index contributed by atoms with van der Waals surface area (Å²) in [6.45, 7) is 5.52. The summed E-state index contributed by atoms with van der Waals surface area (Å²) in [5, 5.41) is 12.5. The highest BCUT2D eigenvalue weighted by atomic mass is 19.4. The Labute approximate surface area is 271 Å². The van der Waals surface area contributed by atoms with Crippen LogP contribution in [0.25, 0.3) is 0 Å². The first kappa shape index (κ1) is 37.2. The average Bonchev–Trinajstić information content (AvgIpc) is 3.04. The molecule has 0 radical (unpaired) electrons. The molecular weight excluding hydrogens is 623 g/mol. The second kappa shape index (κ2) is 18.2. The van der Waals surface area contributed by atoms with Gasteiger partial charge in [-0.05, 0) is 81.2 Å². The first-order chi connectivity index (χ1) is 22.3. The summed E-state index contributed by atoms with van der Waals surface area (Å²) in [5.74, 6) is -3.73. The van der Waals surface area contributed by atoms with Crippen molar-refractivity contribution in [3.05, 3.63) is 59.7 Å². The zero-order valence-corrected chi connectivity index (χ0v) is 26.3. The number of carbonyl (C=O) groups is 4. The van der Waals surface area contributed by atoms with Gasteiger partial charge < -0.3 is 30.9 Å². The van der Waals surface area contributed by atoms with Gasteiger partial charge in [-0.25, -0.2) is 4.79 Å². The maximum Gasteiger partial charge on any atom is 0.490 e. The van der Waals surface area contributed by atoms with E-state index in [4.69, 9.17) is 25.1 Å². The van der Waals surface area contributed by atoms with Crippen LogP contribution in [0.3, 0.4) is 0 Å². The summed E-state index contributed by atoms with van der Waals surface area (Å²) in [4.78, 5) is 49.9. The van der Waals surface area contributed by atoms with Crippen LogP contribution in [-0.2, 0) is 37.0 Å². The number of piperidine rings is 1. The van der Waals surface area contributed by atoms with Crippen molar-refractivity contribution in [1.82, 2.24) is 15.1 Å². The molecule has 2 aromatic rings. The van der Waals surface area contributed by atoms with Crippen molar-refractivity contribution in [3.63, 3.8) is 0 Å². The van der Waals surface area contributed by atoms with Gasteiger partial charge in [-0.2, -0.15) is 13.2 Å². The minimum absolute atomic E-state index is 0.0513. The fourth-order valence-corrected chi connectivity index (χ4v) is 5.19. The number of carboxylic acids is 1. The molecule has 258 valence electrons. The molecule has 2 aliphatic heterocycles. The molecule has 0 spiro atoms. The van der Waals surface area contributed by atoms with Gasteiger partial charge in [0.15, 0.2) is 0 Å². The average molecular weight is 666 g/mol. The number of ether oxygens (including phenoxy) is 2. The highest BCUT2D eigenvalue weighted by Gasteiger charge is 2.38. The number of hydrogen-bond acceptors (Lipinski definition) is 8. The molecule has 4 rings (SSSR count). The van der Waals surface area contributed by atoms with Gasteiger partial charge in [-0.1, -0.05) is 24.3 Å². The molecule has 15 heteroatoms. The Morgan fingerprint density at radius 1 is 1.00 bits per heavy atom. The van der Waals surface area contributed by atoms with Crippen LogP contribution in [0.5, 0.6) is 5.75 Å². The number of likely N-dealkylation sites (N-methyl/N-ethyl adjacent to an activating group) is 1. The SMILES string of the molecule is CN(CCOc1cccc(CNC(=O)C(=O)Nc2cccc(CN3CCC(C(N)=O)CC3)c2)c1)C1CCOCC1.O=C(O)C(F)(F)F. The Morgan fingerprint density at radius 3 is 2.28 bits per heavy atom. The van der Waals surface area contributed by atoms with Crippen molar-refractivity contribution in [1.29, 1.82) is 0 Å². The number of amides is 3. The number of carbonyl (C=O) groups excluding carboxylic acids is 3. The highest BCUT2D eigenvalue weighted by molar-refractivity contribution is 6.39. The van der Waals surface area contributed by atoms with E-state index in [2.05, 4.69) is 27.5 Å². The van der Waals surface area contributed by atoms with Crippen LogP contribution in [0.15, 0.2) is 48.5 Å². The van der Waals surface area contributed by atoms with Crippen LogP contribution in [-0.4, -0.2) is 97.3 Å². The van der Waals surface area contributed by atoms with E-state index in [1.54, 1.807) is 6.07 Å². The summed E-state index contributed by atoms with van der Waals surface area (Å²) in [7, 11) is 2.11. The molecule has 0 aromatic heterocycles. The maximum atomic E-state index is 12.5. The number of benzene rings is 2. The zero-order chi connectivity index (χ0) is 34.4. The van der Waals surface area contributed by atoms with Crippen molar-refractivity contribution >= 4 is 29.4 Å². The van der Waals surface area contributed by atoms with Gasteiger partial charge in [0.05, 0.1) is 0 Å². The molecule has 0 atom stereocenters. The quantitative estimate of drug-likeness (QED) is 0.265. The molecule has 2 heterocycles. The Bertz CT molecular complexity index is 1350. The summed E-state index contributed by atoms with van der Waals surface area (Å²) >= 11 is 0. The minimum Gasteiger partial charge on any atom is -0.492 e. The summed E-state index contributed by atoms with van der Waals surface area (Å²) in [6.07, 6.45) is -1.48. The van der Waals surface area contributed by atoms with Crippen molar-refractivity contribution in [2.45, 2.75) is 51.0 Å². The number of nitrogens with one attached hydrogen (secondary N) is 2. The number of alkyl halides is 3. The second-order valence-electron chi connectivity index (χ2n) is 11.4. The van der Waals surface area contributed by atoms with Crippen molar-refractivity contribution in [2.75, 3.05) is 51.8 Å². The molecule has 2 aromatic carbocycles. The predicted octanol–water partition coefficient (Wildman–Crippen LogP) is 2.76. The monoisotopic (exact) mass is 665 g/mol. The zero-order valence-electron chi connectivity index (χ0n) is 26.3. The van der Waals surface area contributed by atoms with Gasteiger partial charge >= 0.3 is 24.0 Å². The van der Waals surface area contributed by atoms with E-state index in [0.717, 1.165) is 75.4 Å².